The molecule has 0 spiro atoms. The van der Waals surface area contributed by atoms with Crippen LogP contribution >= 0.6 is 0 Å². The van der Waals surface area contributed by atoms with Crippen LogP contribution in [0.3, 0.4) is 0 Å². The number of aliphatic hydroxyl groups is 1. The number of urea groups is 1. The second-order valence-corrected chi connectivity index (χ2v) is 6.76. The molecule has 0 unspecified atom stereocenters. The minimum Gasteiger partial charge on any atom is -0.393 e. The van der Waals surface area contributed by atoms with Crippen LogP contribution in [0.2, 0.25) is 0 Å². The molecule has 0 radical (unpaired) electrons. The zero-order valence-electron chi connectivity index (χ0n) is 14.4. The average molecular weight is 331 g/mol. The maximum atomic E-state index is 12.0. The van der Waals surface area contributed by atoms with Crippen molar-refractivity contribution in [3.8, 4) is 5.69 Å². The summed E-state index contributed by atoms with van der Waals surface area (Å²) in [5.74, 6) is 0. The lowest BCUT2D eigenvalue weighted by molar-refractivity contribution is 0.129. The number of nitrogens with one attached hydrogen (secondary N) is 2. The lowest BCUT2D eigenvalue weighted by atomic mass is 9.87. The molecule has 7 nitrogen and oxygen atoms in total. The molecule has 0 fully saturated rings. The number of rotatable bonds is 7. The maximum Gasteiger partial charge on any atom is 0.315 e. The third-order valence-corrected chi connectivity index (χ3v) is 3.62. The second kappa shape index (κ2) is 7.92. The average Bonchev–Trinajstić information content (AvgIpc) is 3.04. The van der Waals surface area contributed by atoms with Gasteiger partial charge in [-0.05, 0) is 36.5 Å². The molecule has 7 heteroatoms. The molecule has 0 saturated carbocycles. The van der Waals surface area contributed by atoms with Crippen molar-refractivity contribution in [1.29, 1.82) is 0 Å². The van der Waals surface area contributed by atoms with Gasteiger partial charge in [0.05, 0.1) is 11.8 Å². The number of aliphatic hydroxyl groups excluding tert-OH is 1. The van der Waals surface area contributed by atoms with Gasteiger partial charge in [0.25, 0.3) is 0 Å². The Balaban J connectivity index is 1.83. The Morgan fingerprint density at radius 3 is 2.83 bits per heavy atom. The molecule has 1 aromatic carbocycles. The van der Waals surface area contributed by atoms with Gasteiger partial charge >= 0.3 is 6.03 Å². The van der Waals surface area contributed by atoms with Crippen LogP contribution in [-0.2, 0) is 6.54 Å². The van der Waals surface area contributed by atoms with E-state index in [0.717, 1.165) is 11.3 Å². The van der Waals surface area contributed by atoms with Crippen molar-refractivity contribution in [3.05, 3.63) is 42.5 Å². The van der Waals surface area contributed by atoms with Crippen molar-refractivity contribution in [2.75, 3.05) is 6.54 Å². The van der Waals surface area contributed by atoms with Crippen LogP contribution in [0.1, 0.15) is 32.8 Å². The first-order chi connectivity index (χ1) is 11.4. The highest BCUT2D eigenvalue weighted by Gasteiger charge is 2.20. The molecule has 0 bridgehead atoms. The molecule has 2 rings (SSSR count). The van der Waals surface area contributed by atoms with E-state index in [2.05, 4.69) is 20.7 Å². The molecule has 0 aliphatic rings. The monoisotopic (exact) mass is 331 g/mol. The van der Waals surface area contributed by atoms with E-state index in [0.29, 0.717) is 19.5 Å². The first-order valence-corrected chi connectivity index (χ1v) is 7.99. The highest BCUT2D eigenvalue weighted by molar-refractivity contribution is 5.73. The molecule has 1 heterocycles. The molecule has 3 N–H and O–H groups in total. The molecule has 2 aromatic rings. The van der Waals surface area contributed by atoms with Gasteiger partial charge in [0.1, 0.15) is 12.7 Å². The van der Waals surface area contributed by atoms with Crippen LogP contribution in [0.25, 0.3) is 5.69 Å². The third-order valence-electron chi connectivity index (χ3n) is 3.62. The van der Waals surface area contributed by atoms with Crippen LogP contribution in [0.15, 0.2) is 36.9 Å². The minimum atomic E-state index is -0.385. The van der Waals surface area contributed by atoms with E-state index in [4.69, 9.17) is 0 Å². The number of aromatic nitrogens is 3. The summed E-state index contributed by atoms with van der Waals surface area (Å²) in [6.07, 6.45) is 3.36. The van der Waals surface area contributed by atoms with E-state index in [1.54, 1.807) is 17.9 Å². The summed E-state index contributed by atoms with van der Waals surface area (Å²) in [6, 6.07) is 7.51. The van der Waals surface area contributed by atoms with Gasteiger partial charge in [0, 0.05) is 13.1 Å². The predicted octanol–water partition coefficient (Wildman–Crippen LogP) is 1.86. The van der Waals surface area contributed by atoms with E-state index in [9.17, 15) is 9.90 Å². The summed E-state index contributed by atoms with van der Waals surface area (Å²) < 4.78 is 1.67. The van der Waals surface area contributed by atoms with E-state index in [1.165, 1.54) is 6.33 Å². The first kappa shape index (κ1) is 17.9. The zero-order valence-corrected chi connectivity index (χ0v) is 14.4. The Bertz CT molecular complexity index is 653. The van der Waals surface area contributed by atoms with Gasteiger partial charge in [-0.15, -0.1) is 0 Å². The lowest BCUT2D eigenvalue weighted by Gasteiger charge is -2.26. The smallest absolute Gasteiger partial charge is 0.315 e. The summed E-state index contributed by atoms with van der Waals surface area (Å²) in [7, 11) is 0. The van der Waals surface area contributed by atoms with Gasteiger partial charge < -0.3 is 15.7 Å². The van der Waals surface area contributed by atoms with Crippen LogP contribution in [0, 0.1) is 5.41 Å². The summed E-state index contributed by atoms with van der Waals surface area (Å²) in [5, 5.41) is 19.2. The Kier molecular flexibility index (Phi) is 5.92. The Morgan fingerprint density at radius 1 is 1.38 bits per heavy atom. The van der Waals surface area contributed by atoms with E-state index >= 15 is 0 Å². The molecule has 0 aliphatic heterocycles. The number of hydrogen-bond acceptors (Lipinski definition) is 4. The van der Waals surface area contributed by atoms with Crippen molar-refractivity contribution in [2.24, 2.45) is 5.41 Å². The number of hydrogen-bond donors (Lipinski definition) is 3. The van der Waals surface area contributed by atoms with Crippen LogP contribution in [0.5, 0.6) is 0 Å². The fourth-order valence-electron chi connectivity index (χ4n) is 2.59. The van der Waals surface area contributed by atoms with Gasteiger partial charge in [-0.25, -0.2) is 14.5 Å². The molecular weight excluding hydrogens is 306 g/mol. The molecule has 1 aromatic heterocycles. The Morgan fingerprint density at radius 2 is 2.17 bits per heavy atom. The molecular formula is C17H25N5O2. The van der Waals surface area contributed by atoms with Gasteiger partial charge in [0.2, 0.25) is 0 Å². The molecule has 130 valence electrons. The summed E-state index contributed by atoms with van der Waals surface area (Å²) in [4.78, 5) is 15.9. The molecule has 0 aliphatic carbocycles. The first-order valence-electron chi connectivity index (χ1n) is 7.99. The molecule has 0 saturated heterocycles. The minimum absolute atomic E-state index is 0.154. The molecule has 24 heavy (non-hydrogen) atoms. The van der Waals surface area contributed by atoms with Gasteiger partial charge in [0.15, 0.2) is 0 Å². The van der Waals surface area contributed by atoms with Gasteiger partial charge in [-0.2, -0.15) is 5.10 Å². The van der Waals surface area contributed by atoms with Crippen molar-refractivity contribution < 1.29 is 9.90 Å². The lowest BCUT2D eigenvalue weighted by Crippen LogP contribution is -2.41. The normalized spacial score (nSPS) is 12.7. The van der Waals surface area contributed by atoms with E-state index < -0.39 is 0 Å². The molecule has 1 atom stereocenters. The largest absolute Gasteiger partial charge is 0.393 e. The number of amides is 2. The summed E-state index contributed by atoms with van der Waals surface area (Å²) in [6.45, 7) is 6.71. The van der Waals surface area contributed by atoms with Crippen molar-refractivity contribution in [2.45, 2.75) is 39.8 Å². The highest BCUT2D eigenvalue weighted by Crippen LogP contribution is 2.20. The standard InChI is InChI=1S/C17H25N5O2/c1-13(23)8-17(2,3)10-20-16(24)19-9-14-5-4-6-15(7-14)22-12-18-11-21-22/h4-7,11-13,23H,8-10H2,1-3H3,(H2,19,20,24)/t13-/m0/s1. The summed E-state index contributed by atoms with van der Waals surface area (Å²) >= 11 is 0. The number of benzene rings is 1. The SMILES string of the molecule is C[C@H](O)CC(C)(C)CNC(=O)NCc1cccc(-n2cncn2)c1. The number of carbonyl (C=O) groups excluding carboxylic acids is 1. The highest BCUT2D eigenvalue weighted by atomic mass is 16.3. The molecule has 2 amide bonds. The van der Waals surface area contributed by atoms with Crippen LogP contribution < -0.4 is 10.6 Å². The van der Waals surface area contributed by atoms with Gasteiger partial charge in [-0.1, -0.05) is 26.0 Å². The Labute approximate surface area is 142 Å². The quantitative estimate of drug-likeness (QED) is 0.722. The fourth-order valence-corrected chi connectivity index (χ4v) is 2.59. The topological polar surface area (TPSA) is 92.1 Å². The Hall–Kier alpha value is -2.41. The van der Waals surface area contributed by atoms with Crippen LogP contribution in [0.4, 0.5) is 4.79 Å². The number of nitrogens with zero attached hydrogens (tertiary/aromatic N) is 3. The van der Waals surface area contributed by atoms with Crippen LogP contribution in [-0.4, -0.2) is 38.6 Å². The number of carbonyl (C=O) groups is 1. The second-order valence-electron chi connectivity index (χ2n) is 6.76. The van der Waals surface area contributed by atoms with Gasteiger partial charge in [-0.3, -0.25) is 0 Å². The van der Waals surface area contributed by atoms with Crippen molar-refractivity contribution in [1.82, 2.24) is 25.4 Å². The van der Waals surface area contributed by atoms with Crippen molar-refractivity contribution >= 4 is 6.03 Å². The summed E-state index contributed by atoms with van der Waals surface area (Å²) in [5.41, 5.74) is 1.71. The van der Waals surface area contributed by atoms with E-state index in [-0.39, 0.29) is 17.6 Å². The maximum absolute atomic E-state index is 12.0. The fraction of sp³-hybridized carbons (Fsp3) is 0.471. The third kappa shape index (κ3) is 5.66. The van der Waals surface area contributed by atoms with Crippen molar-refractivity contribution in [3.63, 3.8) is 0 Å². The zero-order chi connectivity index (χ0) is 17.6. The van der Waals surface area contributed by atoms with E-state index in [1.807, 2.05) is 38.1 Å². The predicted molar refractivity (Wildman–Crippen MR) is 91.7 cm³/mol.